The zero-order valence-electron chi connectivity index (χ0n) is 12.8. The fraction of sp³-hybridized carbons (Fsp3) is 0.714. The van der Waals surface area contributed by atoms with E-state index in [2.05, 4.69) is 16.9 Å². The molecule has 1 amide bonds. The Balaban J connectivity index is 2.58. The summed E-state index contributed by atoms with van der Waals surface area (Å²) >= 11 is 0. The lowest BCUT2D eigenvalue weighted by Crippen LogP contribution is -2.42. The highest BCUT2D eigenvalue weighted by atomic mass is 16.5. The van der Waals surface area contributed by atoms with Crippen LogP contribution in [0.5, 0.6) is 0 Å². The molecule has 1 aliphatic rings. The van der Waals surface area contributed by atoms with Gasteiger partial charge in [0.2, 0.25) is 5.91 Å². The number of ether oxygens (including phenoxy) is 1. The van der Waals surface area contributed by atoms with Crippen molar-refractivity contribution in [3.63, 3.8) is 0 Å². The first kappa shape index (κ1) is 16.5. The van der Waals surface area contributed by atoms with Gasteiger partial charge in [0.1, 0.15) is 6.54 Å². The van der Waals surface area contributed by atoms with E-state index in [9.17, 15) is 4.79 Å². The van der Waals surface area contributed by atoms with Gasteiger partial charge in [-0.3, -0.25) is 4.79 Å². The van der Waals surface area contributed by atoms with Crippen molar-refractivity contribution >= 4 is 11.9 Å². The summed E-state index contributed by atoms with van der Waals surface area (Å²) in [5, 5.41) is 3.18. The number of likely N-dealkylation sites (N-methyl/N-ethyl adjacent to an activating group) is 1. The van der Waals surface area contributed by atoms with Gasteiger partial charge in [-0.25, -0.2) is 4.99 Å². The Morgan fingerprint density at radius 2 is 2.25 bits per heavy atom. The molecule has 1 N–H and O–H groups in total. The monoisotopic (exact) mass is 282 g/mol. The van der Waals surface area contributed by atoms with E-state index in [-0.39, 0.29) is 12.5 Å². The maximum Gasteiger partial charge on any atom is 0.243 e. The third-order valence-corrected chi connectivity index (χ3v) is 3.19. The minimum Gasteiger partial charge on any atom is -0.381 e. The van der Waals surface area contributed by atoms with Crippen molar-refractivity contribution in [3.05, 3.63) is 12.7 Å². The molecule has 20 heavy (non-hydrogen) atoms. The van der Waals surface area contributed by atoms with Gasteiger partial charge < -0.3 is 19.9 Å². The van der Waals surface area contributed by atoms with Gasteiger partial charge >= 0.3 is 0 Å². The van der Waals surface area contributed by atoms with Crippen LogP contribution in [0.3, 0.4) is 0 Å². The van der Waals surface area contributed by atoms with Crippen molar-refractivity contribution < 1.29 is 9.53 Å². The van der Waals surface area contributed by atoms with Crippen molar-refractivity contribution in [1.29, 1.82) is 0 Å². The van der Waals surface area contributed by atoms with Gasteiger partial charge in [0.15, 0.2) is 5.96 Å². The number of nitrogens with zero attached hydrogens (tertiary/aromatic N) is 3. The Bertz CT molecular complexity index is 349. The Labute approximate surface area is 121 Å². The molecule has 0 aromatic carbocycles. The number of carbonyl (C=O) groups excluding carboxylic acids is 1. The van der Waals surface area contributed by atoms with E-state index >= 15 is 0 Å². The minimum atomic E-state index is -0.0134. The molecule has 0 radical (unpaired) electrons. The number of hydrogen-bond donors (Lipinski definition) is 1. The van der Waals surface area contributed by atoms with Gasteiger partial charge in [-0.15, -0.1) is 6.58 Å². The summed E-state index contributed by atoms with van der Waals surface area (Å²) in [6.45, 7) is 6.98. The molecule has 114 valence electrons. The number of amides is 1. The zero-order chi connectivity index (χ0) is 15.0. The number of guanidine groups is 1. The summed E-state index contributed by atoms with van der Waals surface area (Å²) < 4.78 is 5.38. The molecule has 0 saturated carbocycles. The van der Waals surface area contributed by atoms with Crippen molar-refractivity contribution in [2.24, 2.45) is 10.9 Å². The van der Waals surface area contributed by atoms with Crippen LogP contribution < -0.4 is 5.32 Å². The van der Waals surface area contributed by atoms with Crippen LogP contribution in [0.2, 0.25) is 0 Å². The fourth-order valence-corrected chi connectivity index (χ4v) is 1.96. The molecule has 6 nitrogen and oxygen atoms in total. The van der Waals surface area contributed by atoms with E-state index in [0.717, 1.165) is 32.1 Å². The Kier molecular flexibility index (Phi) is 7.08. The van der Waals surface area contributed by atoms with Crippen LogP contribution >= 0.6 is 0 Å². The maximum atomic E-state index is 11.6. The quantitative estimate of drug-likeness (QED) is 0.429. The van der Waals surface area contributed by atoms with Crippen molar-refractivity contribution in [2.45, 2.75) is 6.42 Å². The Hall–Kier alpha value is -1.56. The number of carbonyl (C=O) groups is 1. The molecule has 0 bridgehead atoms. The molecule has 0 aromatic rings. The second-order valence-corrected chi connectivity index (χ2v) is 5.21. The third kappa shape index (κ3) is 5.61. The molecule has 1 saturated heterocycles. The standard InChI is InChI=1S/C14H26N4O2/c1-5-7-15-14(16-9-13(19)17(2)3)18(4)10-12-6-8-20-11-12/h5,12H,1,6-11H2,2-4H3,(H,15,16). The predicted molar refractivity (Wildman–Crippen MR) is 80.8 cm³/mol. The third-order valence-electron chi connectivity index (χ3n) is 3.19. The van der Waals surface area contributed by atoms with Crippen LogP contribution in [0.15, 0.2) is 17.6 Å². The molecule has 0 spiro atoms. The van der Waals surface area contributed by atoms with E-state index in [4.69, 9.17) is 4.74 Å². The predicted octanol–water partition coefficient (Wildman–Crippen LogP) is 0.175. The second-order valence-electron chi connectivity index (χ2n) is 5.21. The highest BCUT2D eigenvalue weighted by Gasteiger charge is 2.19. The average Bonchev–Trinajstić information content (AvgIpc) is 2.91. The molecule has 0 aliphatic carbocycles. The van der Waals surface area contributed by atoms with Gasteiger partial charge in [-0.1, -0.05) is 6.08 Å². The van der Waals surface area contributed by atoms with Crippen molar-refractivity contribution in [1.82, 2.24) is 15.1 Å². The molecule has 1 rings (SSSR count). The second kappa shape index (κ2) is 8.58. The van der Waals surface area contributed by atoms with E-state index in [0.29, 0.717) is 12.5 Å². The first-order valence-corrected chi connectivity index (χ1v) is 6.92. The minimum absolute atomic E-state index is 0.0134. The molecule has 1 aliphatic heterocycles. The van der Waals surface area contributed by atoms with Crippen molar-refractivity contribution in [2.75, 3.05) is 54.0 Å². The molecule has 1 heterocycles. The number of aliphatic imine (C=N–C) groups is 1. The fourth-order valence-electron chi connectivity index (χ4n) is 1.96. The molecule has 0 aromatic heterocycles. The zero-order valence-corrected chi connectivity index (χ0v) is 12.8. The molecular formula is C14H26N4O2. The van der Waals surface area contributed by atoms with Gasteiger partial charge in [-0.2, -0.15) is 0 Å². The lowest BCUT2D eigenvalue weighted by Gasteiger charge is -2.24. The smallest absolute Gasteiger partial charge is 0.243 e. The van der Waals surface area contributed by atoms with Crippen LogP contribution in [-0.4, -0.2) is 75.7 Å². The highest BCUT2D eigenvalue weighted by molar-refractivity contribution is 5.84. The summed E-state index contributed by atoms with van der Waals surface area (Å²) in [4.78, 5) is 19.6. The van der Waals surface area contributed by atoms with Crippen LogP contribution in [0.4, 0.5) is 0 Å². The van der Waals surface area contributed by atoms with Crippen LogP contribution in [-0.2, 0) is 9.53 Å². The normalized spacial score (nSPS) is 18.8. The average molecular weight is 282 g/mol. The van der Waals surface area contributed by atoms with Gasteiger partial charge in [-0.05, 0) is 6.42 Å². The lowest BCUT2D eigenvalue weighted by molar-refractivity contribution is -0.127. The van der Waals surface area contributed by atoms with Crippen LogP contribution in [0, 0.1) is 5.92 Å². The van der Waals surface area contributed by atoms with E-state index in [1.54, 1.807) is 25.1 Å². The first-order chi connectivity index (χ1) is 9.54. The van der Waals surface area contributed by atoms with Crippen molar-refractivity contribution in [3.8, 4) is 0 Å². The lowest BCUT2D eigenvalue weighted by atomic mass is 10.1. The Morgan fingerprint density at radius 3 is 2.80 bits per heavy atom. The number of rotatable bonds is 6. The van der Waals surface area contributed by atoms with E-state index < -0.39 is 0 Å². The number of nitrogens with one attached hydrogen (secondary N) is 1. The largest absolute Gasteiger partial charge is 0.381 e. The van der Waals surface area contributed by atoms with E-state index in [1.165, 1.54) is 0 Å². The Morgan fingerprint density at radius 1 is 1.50 bits per heavy atom. The topological polar surface area (TPSA) is 57.2 Å². The summed E-state index contributed by atoms with van der Waals surface area (Å²) in [7, 11) is 5.44. The first-order valence-electron chi connectivity index (χ1n) is 6.92. The van der Waals surface area contributed by atoms with Crippen LogP contribution in [0.1, 0.15) is 6.42 Å². The summed E-state index contributed by atoms with van der Waals surface area (Å²) in [5.74, 6) is 1.24. The SMILES string of the molecule is C=CCNC(=NCC(=O)N(C)C)N(C)CC1CCOC1. The number of hydrogen-bond acceptors (Lipinski definition) is 3. The highest BCUT2D eigenvalue weighted by Crippen LogP contribution is 2.13. The molecule has 1 fully saturated rings. The van der Waals surface area contributed by atoms with E-state index in [1.807, 2.05) is 11.9 Å². The van der Waals surface area contributed by atoms with Gasteiger partial charge in [0.05, 0.1) is 6.61 Å². The summed E-state index contributed by atoms with van der Waals surface area (Å²) in [5.41, 5.74) is 0. The van der Waals surface area contributed by atoms with Crippen LogP contribution in [0.25, 0.3) is 0 Å². The van der Waals surface area contributed by atoms with Gasteiger partial charge in [0, 0.05) is 46.8 Å². The van der Waals surface area contributed by atoms with Gasteiger partial charge in [0.25, 0.3) is 0 Å². The molecule has 6 heteroatoms. The molecular weight excluding hydrogens is 256 g/mol. The maximum absolute atomic E-state index is 11.6. The summed E-state index contributed by atoms with van der Waals surface area (Å²) in [6.07, 6.45) is 2.85. The molecule has 1 unspecified atom stereocenters. The molecule has 1 atom stereocenters. The summed E-state index contributed by atoms with van der Waals surface area (Å²) in [6, 6.07) is 0.